The van der Waals surface area contributed by atoms with Gasteiger partial charge in [0.25, 0.3) is 0 Å². The first-order valence-electron chi connectivity index (χ1n) is 36.5. The second-order valence-corrected chi connectivity index (χ2v) is 24.8. The van der Waals surface area contributed by atoms with Crippen LogP contribution >= 0.6 is 0 Å². The van der Waals surface area contributed by atoms with Crippen molar-refractivity contribution in [1.82, 2.24) is 0 Å². The summed E-state index contributed by atoms with van der Waals surface area (Å²) in [6, 6.07) is 26.4. The van der Waals surface area contributed by atoms with Crippen LogP contribution in [-0.4, -0.2) is 66.1 Å². The van der Waals surface area contributed by atoms with Crippen molar-refractivity contribution in [2.24, 2.45) is 0 Å². The molecule has 15 rings (SSSR count). The predicted molar refractivity (Wildman–Crippen MR) is 380 cm³/mol. The Morgan fingerprint density at radius 2 is 0.333 bits per heavy atom. The van der Waals surface area contributed by atoms with E-state index in [1.54, 1.807) is 0 Å². The van der Waals surface area contributed by atoms with Crippen LogP contribution < -0.4 is 47.4 Å². The minimum Gasteiger partial charge on any atom is -0.493 e. The SMILES string of the molecule is CCCCOc1cc2c(OCCCC)cc1Cc1cc(OCCCC)c(cc1OCCCC)Cc1cc(OCCCC)c(cc1OCCCC)Cc1cc(OCCCC)c(cc1OCCCC)Cc1cc(OCCCC)c(cc1OCCCC)C2.N#CCCCCC#N. The minimum absolute atomic E-state index is 0.552. The molecule has 0 spiro atoms. The molecule has 5 aromatic rings. The van der Waals surface area contributed by atoms with Gasteiger partial charge < -0.3 is 47.4 Å². The number of benzene rings is 5. The van der Waals surface area contributed by atoms with Gasteiger partial charge >= 0.3 is 0 Å². The number of hydrogen-bond acceptors (Lipinski definition) is 12. The fourth-order valence-corrected chi connectivity index (χ4v) is 10.6. The van der Waals surface area contributed by atoms with Gasteiger partial charge in [0.05, 0.1) is 78.2 Å². The summed E-state index contributed by atoms with van der Waals surface area (Å²) in [5.41, 5.74) is 10.4. The Balaban J connectivity index is 0.00000183. The van der Waals surface area contributed by atoms with Crippen LogP contribution in [0.1, 0.15) is 279 Å². The Labute approximate surface area is 562 Å². The van der Waals surface area contributed by atoms with Crippen LogP contribution in [0.3, 0.4) is 0 Å². The van der Waals surface area contributed by atoms with Gasteiger partial charge in [0, 0.05) is 101 Å². The maximum absolute atomic E-state index is 8.03. The number of hydrogen-bond donors (Lipinski definition) is 0. The summed E-state index contributed by atoms with van der Waals surface area (Å²) in [5.74, 6) is 8.46. The lowest BCUT2D eigenvalue weighted by atomic mass is 9.94. The summed E-state index contributed by atoms with van der Waals surface area (Å²) in [4.78, 5) is 0. The highest BCUT2D eigenvalue weighted by Crippen LogP contribution is 2.44. The average Bonchev–Trinajstić information content (AvgIpc) is 1.03. The molecule has 0 radical (unpaired) electrons. The van der Waals surface area contributed by atoms with Crippen LogP contribution in [-0.2, 0) is 32.1 Å². The Kier molecular flexibility index (Phi) is 38.2. The maximum atomic E-state index is 8.03. The first-order chi connectivity index (χ1) is 45.6. The van der Waals surface area contributed by atoms with E-state index in [0.717, 1.165) is 254 Å². The Bertz CT molecular complexity index is 2370. The molecular weight excluding hydrogens is 1160 g/mol. The van der Waals surface area contributed by atoms with Crippen molar-refractivity contribution in [2.45, 2.75) is 255 Å². The second kappa shape index (κ2) is 46.2. The van der Waals surface area contributed by atoms with Crippen LogP contribution in [0.5, 0.6) is 57.5 Å². The monoisotopic (exact) mass is 1280 g/mol. The highest BCUT2D eigenvalue weighted by atomic mass is 16.5. The topological polar surface area (TPSA) is 140 Å². The molecule has 5 aromatic carbocycles. The lowest BCUT2D eigenvalue weighted by molar-refractivity contribution is 0.292. The smallest absolute Gasteiger partial charge is 0.123 e. The molecule has 10 aliphatic rings. The third kappa shape index (κ3) is 26.8. The van der Waals surface area contributed by atoms with Crippen molar-refractivity contribution in [2.75, 3.05) is 66.1 Å². The largest absolute Gasteiger partial charge is 0.493 e. The van der Waals surface area contributed by atoms with E-state index in [-0.39, 0.29) is 0 Å². The molecule has 10 aliphatic carbocycles. The maximum Gasteiger partial charge on any atom is 0.123 e. The molecule has 12 nitrogen and oxygen atoms in total. The van der Waals surface area contributed by atoms with Crippen molar-refractivity contribution in [3.05, 3.63) is 116 Å². The minimum atomic E-state index is 0.552. The standard InChI is InChI=1S/C75H110O10.C6H8N2/c1-11-21-31-76-66-46-57-42-59-49-71(81-36-26-16-6)61(51-70(59)80-35-25-15-5)44-63-53-75(85-40-30-20-10)65(55-74(63)84-39-29-19-9)45-64-54-72(82-37-27-17-7)62(52-73(64)83-38-28-18-8)43-60-50-68(78-33-23-13-3)58(48-69(60)79-34-24-14-4)41-56(66)47-67(57)77-32-22-12-2;7-5-3-1-2-4-6-8/h46-55H,11-45H2,1-10H3;1-4H2. The van der Waals surface area contributed by atoms with Crippen LogP contribution in [0.25, 0.3) is 0 Å². The molecule has 0 aromatic heterocycles. The normalized spacial score (nSPS) is 11.7. The zero-order chi connectivity index (χ0) is 66.7. The van der Waals surface area contributed by atoms with E-state index in [1.807, 2.05) is 12.1 Å². The van der Waals surface area contributed by atoms with Gasteiger partial charge in [-0.1, -0.05) is 133 Å². The van der Waals surface area contributed by atoms with E-state index < -0.39 is 0 Å². The summed E-state index contributed by atoms with van der Waals surface area (Å²) >= 11 is 0. The molecule has 0 aliphatic heterocycles. The molecule has 0 fully saturated rings. The number of rotatable bonds is 43. The first kappa shape index (κ1) is 76.8. The van der Waals surface area contributed by atoms with Gasteiger partial charge in [-0.05, 0) is 138 Å². The van der Waals surface area contributed by atoms with Crippen molar-refractivity contribution < 1.29 is 47.4 Å². The molecule has 0 heterocycles. The van der Waals surface area contributed by atoms with Gasteiger partial charge in [-0.3, -0.25) is 0 Å². The lowest BCUT2D eigenvalue weighted by Gasteiger charge is -2.22. The Morgan fingerprint density at radius 3 is 0.430 bits per heavy atom. The highest BCUT2D eigenvalue weighted by molar-refractivity contribution is 5.60. The van der Waals surface area contributed by atoms with Crippen LogP contribution in [0, 0.1) is 22.7 Å². The van der Waals surface area contributed by atoms with Crippen molar-refractivity contribution in [1.29, 1.82) is 10.5 Å². The fourth-order valence-electron chi connectivity index (χ4n) is 10.6. The van der Waals surface area contributed by atoms with E-state index in [9.17, 15) is 0 Å². The van der Waals surface area contributed by atoms with Gasteiger partial charge in [0.15, 0.2) is 0 Å². The predicted octanol–water partition coefficient (Wildman–Crippen LogP) is 21.3. The average molecular weight is 1280 g/mol. The second-order valence-electron chi connectivity index (χ2n) is 24.8. The van der Waals surface area contributed by atoms with Crippen molar-refractivity contribution >= 4 is 0 Å². The van der Waals surface area contributed by atoms with Crippen molar-refractivity contribution in [3.63, 3.8) is 0 Å². The van der Waals surface area contributed by atoms with Gasteiger partial charge in [-0.2, -0.15) is 10.5 Å². The number of nitrogens with zero attached hydrogens (tertiary/aromatic N) is 2. The Hall–Kier alpha value is -6.92. The number of nitriles is 2. The third-order valence-corrected chi connectivity index (χ3v) is 16.5. The summed E-state index contributed by atoms with van der Waals surface area (Å²) in [6.07, 6.45) is 25.2. The van der Waals surface area contributed by atoms with Crippen LogP contribution in [0.15, 0.2) is 60.7 Å². The zero-order valence-electron chi connectivity index (χ0n) is 59.3. The quantitative estimate of drug-likeness (QED) is 0.0337. The molecule has 10 bridgehead atoms. The van der Waals surface area contributed by atoms with E-state index >= 15 is 0 Å². The molecular formula is C81H118N2O10. The van der Waals surface area contributed by atoms with E-state index in [0.29, 0.717) is 111 Å². The third-order valence-electron chi connectivity index (χ3n) is 16.5. The highest BCUT2D eigenvalue weighted by Gasteiger charge is 2.25. The van der Waals surface area contributed by atoms with Gasteiger partial charge in [-0.15, -0.1) is 0 Å². The molecule has 93 heavy (non-hydrogen) atoms. The fraction of sp³-hybridized carbons (Fsp3) is 0.605. The molecule has 0 saturated heterocycles. The summed E-state index contributed by atoms with van der Waals surface area (Å²) in [6.45, 7) is 28.1. The van der Waals surface area contributed by atoms with Crippen LogP contribution in [0.4, 0.5) is 0 Å². The summed E-state index contributed by atoms with van der Waals surface area (Å²) in [5, 5.41) is 16.1. The molecule has 0 amide bonds. The van der Waals surface area contributed by atoms with Gasteiger partial charge in [0.2, 0.25) is 0 Å². The molecule has 0 saturated carbocycles. The lowest BCUT2D eigenvalue weighted by Crippen LogP contribution is -2.09. The first-order valence-corrected chi connectivity index (χ1v) is 36.5. The summed E-state index contributed by atoms with van der Waals surface area (Å²) < 4.78 is 69.1. The number of ether oxygens (including phenoxy) is 10. The van der Waals surface area contributed by atoms with Gasteiger partial charge in [0.1, 0.15) is 57.5 Å². The van der Waals surface area contributed by atoms with E-state index in [1.165, 1.54) is 0 Å². The molecule has 0 unspecified atom stereocenters. The summed E-state index contributed by atoms with van der Waals surface area (Å²) in [7, 11) is 0. The molecule has 0 N–H and O–H groups in total. The molecule has 512 valence electrons. The van der Waals surface area contributed by atoms with Crippen molar-refractivity contribution in [3.8, 4) is 69.6 Å². The molecule has 0 atom stereocenters. The molecule has 12 heteroatoms. The van der Waals surface area contributed by atoms with Gasteiger partial charge in [-0.25, -0.2) is 0 Å². The van der Waals surface area contributed by atoms with E-state index in [4.69, 9.17) is 57.9 Å². The number of unbranched alkanes of at least 4 members (excludes halogenated alkanes) is 13. The van der Waals surface area contributed by atoms with Crippen LogP contribution in [0.2, 0.25) is 0 Å². The zero-order valence-corrected chi connectivity index (χ0v) is 59.3. The van der Waals surface area contributed by atoms with E-state index in [2.05, 4.69) is 130 Å². The Morgan fingerprint density at radius 1 is 0.215 bits per heavy atom.